The molecule has 1 aromatic rings. The zero-order chi connectivity index (χ0) is 11.7. The third kappa shape index (κ3) is 1.82. The summed E-state index contributed by atoms with van der Waals surface area (Å²) in [6.45, 7) is 0.435. The van der Waals surface area contributed by atoms with Gasteiger partial charge in [-0.3, -0.25) is 4.79 Å². The van der Waals surface area contributed by atoms with Crippen LogP contribution in [-0.2, 0) is 9.59 Å². The average molecular weight is 284 g/mol. The second-order valence-corrected chi connectivity index (χ2v) is 4.71. The fourth-order valence-electron chi connectivity index (χ4n) is 1.73. The van der Waals surface area contributed by atoms with Gasteiger partial charge in [0.2, 0.25) is 5.91 Å². The minimum Gasteiger partial charge on any atom is -0.479 e. The topological polar surface area (TPSA) is 57.6 Å². The van der Waals surface area contributed by atoms with Gasteiger partial charge in [-0.15, -0.1) is 0 Å². The summed E-state index contributed by atoms with van der Waals surface area (Å²) in [6.07, 6.45) is 0. The number of amides is 1. The zero-order valence-corrected chi connectivity index (χ0v) is 9.92. The van der Waals surface area contributed by atoms with Gasteiger partial charge < -0.3 is 10.0 Å². The van der Waals surface area contributed by atoms with Crippen LogP contribution in [0.25, 0.3) is 0 Å². The van der Waals surface area contributed by atoms with E-state index in [4.69, 9.17) is 5.11 Å². The maximum absolute atomic E-state index is 11.5. The Morgan fingerprint density at radius 1 is 1.44 bits per heavy atom. The van der Waals surface area contributed by atoms with Crippen LogP contribution in [0.15, 0.2) is 30.3 Å². The molecule has 84 valence electrons. The Labute approximate surface area is 101 Å². The monoisotopic (exact) mass is 283 g/mol. The van der Waals surface area contributed by atoms with Crippen LogP contribution in [0, 0.1) is 0 Å². The SMILES string of the molecule is O=C(O)[C@@H](c1ccccc1)N1CC(Br)C1=O. The van der Waals surface area contributed by atoms with E-state index in [0.717, 1.165) is 0 Å². The lowest BCUT2D eigenvalue weighted by Crippen LogP contribution is -2.56. The van der Waals surface area contributed by atoms with E-state index in [-0.39, 0.29) is 10.7 Å². The molecule has 0 bridgehead atoms. The average Bonchev–Trinajstić information content (AvgIpc) is 2.29. The van der Waals surface area contributed by atoms with E-state index in [9.17, 15) is 9.59 Å². The number of halogens is 1. The van der Waals surface area contributed by atoms with Gasteiger partial charge in [-0.05, 0) is 5.56 Å². The summed E-state index contributed by atoms with van der Waals surface area (Å²) in [7, 11) is 0. The van der Waals surface area contributed by atoms with E-state index in [0.29, 0.717) is 12.1 Å². The van der Waals surface area contributed by atoms with Crippen LogP contribution >= 0.6 is 15.9 Å². The minimum atomic E-state index is -1.00. The highest BCUT2D eigenvalue weighted by Gasteiger charge is 2.42. The number of carboxylic acids is 1. The fourth-order valence-corrected chi connectivity index (χ4v) is 2.31. The molecule has 2 atom stereocenters. The highest BCUT2D eigenvalue weighted by Crippen LogP contribution is 2.30. The molecule has 1 aliphatic rings. The summed E-state index contributed by atoms with van der Waals surface area (Å²) >= 11 is 3.17. The number of β-lactam (4-membered cyclic amide) rings is 1. The third-order valence-electron chi connectivity index (χ3n) is 2.57. The Hall–Kier alpha value is -1.36. The molecule has 2 rings (SSSR count). The summed E-state index contributed by atoms with van der Waals surface area (Å²) in [5, 5.41) is 9.16. The number of aliphatic carboxylic acids is 1. The summed E-state index contributed by atoms with van der Waals surface area (Å²) in [5.41, 5.74) is 0.628. The van der Waals surface area contributed by atoms with Gasteiger partial charge in [0, 0.05) is 6.54 Å². The van der Waals surface area contributed by atoms with Gasteiger partial charge in [-0.2, -0.15) is 0 Å². The molecule has 1 unspecified atom stereocenters. The number of likely N-dealkylation sites (tertiary alicyclic amines) is 1. The smallest absolute Gasteiger partial charge is 0.331 e. The van der Waals surface area contributed by atoms with Crippen molar-refractivity contribution in [2.45, 2.75) is 10.9 Å². The van der Waals surface area contributed by atoms with Gasteiger partial charge in [-0.25, -0.2) is 4.79 Å². The van der Waals surface area contributed by atoms with Gasteiger partial charge in [0.15, 0.2) is 6.04 Å². The number of hydrogen-bond acceptors (Lipinski definition) is 2. The highest BCUT2D eigenvalue weighted by molar-refractivity contribution is 9.10. The Morgan fingerprint density at radius 3 is 2.50 bits per heavy atom. The molecule has 0 aromatic heterocycles. The number of benzene rings is 1. The second-order valence-electron chi connectivity index (χ2n) is 3.61. The van der Waals surface area contributed by atoms with Gasteiger partial charge in [0.25, 0.3) is 0 Å². The Kier molecular flexibility index (Phi) is 2.96. The molecule has 1 fully saturated rings. The van der Waals surface area contributed by atoms with Crippen molar-refractivity contribution in [1.29, 1.82) is 0 Å². The second kappa shape index (κ2) is 4.25. The largest absolute Gasteiger partial charge is 0.479 e. The fraction of sp³-hybridized carbons (Fsp3) is 0.273. The van der Waals surface area contributed by atoms with Crippen molar-refractivity contribution >= 4 is 27.8 Å². The maximum Gasteiger partial charge on any atom is 0.331 e. The molecule has 4 nitrogen and oxygen atoms in total. The number of hydrogen-bond donors (Lipinski definition) is 1. The molecule has 5 heteroatoms. The Morgan fingerprint density at radius 2 is 2.06 bits per heavy atom. The number of carbonyl (C=O) groups is 2. The lowest BCUT2D eigenvalue weighted by Gasteiger charge is -2.39. The zero-order valence-electron chi connectivity index (χ0n) is 8.34. The first kappa shape index (κ1) is 11.1. The number of carboxylic acid groups (broad SMARTS) is 1. The van der Waals surface area contributed by atoms with Gasteiger partial charge in [0.05, 0.1) is 0 Å². The first-order chi connectivity index (χ1) is 7.61. The molecule has 0 saturated carbocycles. The van der Waals surface area contributed by atoms with Crippen molar-refractivity contribution in [2.75, 3.05) is 6.54 Å². The molecule has 1 aliphatic heterocycles. The van der Waals surface area contributed by atoms with Crippen LogP contribution in [0.3, 0.4) is 0 Å². The summed E-state index contributed by atoms with van der Waals surface area (Å²) < 4.78 is 0. The molecule has 16 heavy (non-hydrogen) atoms. The van der Waals surface area contributed by atoms with Crippen LogP contribution in [0.4, 0.5) is 0 Å². The van der Waals surface area contributed by atoms with Crippen LogP contribution in [0.2, 0.25) is 0 Å². The van der Waals surface area contributed by atoms with E-state index in [1.54, 1.807) is 24.3 Å². The molecule has 1 saturated heterocycles. The molecule has 1 heterocycles. The first-order valence-electron chi connectivity index (χ1n) is 4.83. The Balaban J connectivity index is 2.26. The van der Waals surface area contributed by atoms with E-state index in [2.05, 4.69) is 15.9 Å². The lowest BCUT2D eigenvalue weighted by molar-refractivity contribution is -0.155. The first-order valence-corrected chi connectivity index (χ1v) is 5.75. The number of rotatable bonds is 3. The molecular formula is C11H10BrNO3. The summed E-state index contributed by atoms with van der Waals surface area (Å²) in [4.78, 5) is 23.8. The van der Waals surface area contributed by atoms with Gasteiger partial charge in [-0.1, -0.05) is 46.3 Å². The molecule has 0 radical (unpaired) electrons. The van der Waals surface area contributed by atoms with E-state index in [1.165, 1.54) is 4.90 Å². The van der Waals surface area contributed by atoms with E-state index < -0.39 is 12.0 Å². The standard InChI is InChI=1S/C11H10BrNO3/c12-8-6-13(10(8)14)9(11(15)16)7-4-2-1-3-5-7/h1-5,8-9H,6H2,(H,15,16)/t8?,9-/m1/s1. The molecule has 1 aromatic carbocycles. The van der Waals surface area contributed by atoms with Gasteiger partial charge >= 0.3 is 5.97 Å². The van der Waals surface area contributed by atoms with Gasteiger partial charge in [0.1, 0.15) is 4.83 Å². The van der Waals surface area contributed by atoms with Crippen LogP contribution in [-0.4, -0.2) is 33.3 Å². The quantitative estimate of drug-likeness (QED) is 0.674. The molecular weight excluding hydrogens is 274 g/mol. The van der Waals surface area contributed by atoms with E-state index in [1.807, 2.05) is 6.07 Å². The Bertz CT molecular complexity index is 420. The predicted molar refractivity (Wildman–Crippen MR) is 61.2 cm³/mol. The van der Waals surface area contributed by atoms with Crippen LogP contribution in [0.5, 0.6) is 0 Å². The number of nitrogens with zero attached hydrogens (tertiary/aromatic N) is 1. The van der Waals surface area contributed by atoms with Crippen LogP contribution in [0.1, 0.15) is 11.6 Å². The molecule has 0 spiro atoms. The number of alkyl halides is 1. The van der Waals surface area contributed by atoms with E-state index >= 15 is 0 Å². The van der Waals surface area contributed by atoms with Crippen molar-refractivity contribution < 1.29 is 14.7 Å². The third-order valence-corrected chi connectivity index (χ3v) is 3.25. The minimum absolute atomic E-state index is 0.170. The molecule has 1 N–H and O–H groups in total. The summed E-state index contributed by atoms with van der Waals surface area (Å²) in [5.74, 6) is -1.17. The highest BCUT2D eigenvalue weighted by atomic mass is 79.9. The van der Waals surface area contributed by atoms with Crippen molar-refractivity contribution in [3.05, 3.63) is 35.9 Å². The van der Waals surface area contributed by atoms with Crippen LogP contribution < -0.4 is 0 Å². The molecule has 0 aliphatic carbocycles. The van der Waals surface area contributed by atoms with Crippen molar-refractivity contribution in [2.24, 2.45) is 0 Å². The van der Waals surface area contributed by atoms with Crippen molar-refractivity contribution in [3.63, 3.8) is 0 Å². The molecule has 1 amide bonds. The number of carbonyl (C=O) groups excluding carboxylic acids is 1. The predicted octanol–water partition coefficient (Wildman–Crippen LogP) is 1.42. The maximum atomic E-state index is 11.5. The van der Waals surface area contributed by atoms with Crippen molar-refractivity contribution in [3.8, 4) is 0 Å². The van der Waals surface area contributed by atoms with Crippen molar-refractivity contribution in [1.82, 2.24) is 4.90 Å². The normalized spacial score (nSPS) is 21.4. The lowest BCUT2D eigenvalue weighted by atomic mass is 10.0. The summed E-state index contributed by atoms with van der Waals surface area (Å²) in [6, 6.07) is 7.90.